The molecule has 1 unspecified atom stereocenters. The summed E-state index contributed by atoms with van der Waals surface area (Å²) in [6.07, 6.45) is 5.28. The van der Waals surface area contributed by atoms with Crippen molar-refractivity contribution in [2.45, 2.75) is 57.7 Å². The maximum atomic E-state index is 13.0. The average molecular weight is 544 g/mol. The lowest BCUT2D eigenvalue weighted by atomic mass is 10.1. The van der Waals surface area contributed by atoms with Gasteiger partial charge in [-0.2, -0.15) is 4.98 Å². The van der Waals surface area contributed by atoms with E-state index < -0.39 is 0 Å². The Hall–Kier alpha value is -3.41. The van der Waals surface area contributed by atoms with Crippen LogP contribution in [0.25, 0.3) is 28.1 Å². The molecule has 11 heteroatoms. The molecule has 11 nitrogen and oxygen atoms in total. The maximum Gasteiger partial charge on any atom is 0.238 e. The fraction of sp³-hybridized carbons (Fsp3) is 0.552. The maximum absolute atomic E-state index is 13.0. The second-order valence-corrected chi connectivity index (χ2v) is 11.2. The van der Waals surface area contributed by atoms with E-state index in [1.807, 2.05) is 25.2 Å². The van der Waals surface area contributed by atoms with Gasteiger partial charge in [-0.25, -0.2) is 15.0 Å². The van der Waals surface area contributed by atoms with Crippen molar-refractivity contribution in [3.63, 3.8) is 0 Å². The molecular formula is C29H37N9O2. The molecule has 2 saturated heterocycles. The molecule has 1 N–H and O–H groups in total. The van der Waals surface area contributed by atoms with Gasteiger partial charge in [0.2, 0.25) is 11.9 Å². The van der Waals surface area contributed by atoms with Crippen LogP contribution >= 0.6 is 0 Å². The van der Waals surface area contributed by atoms with Crippen LogP contribution in [0, 0.1) is 0 Å². The van der Waals surface area contributed by atoms with Crippen LogP contribution in [-0.2, 0) is 29.5 Å². The second-order valence-electron chi connectivity index (χ2n) is 11.2. The first-order valence-corrected chi connectivity index (χ1v) is 14.6. The molecule has 40 heavy (non-hydrogen) atoms. The van der Waals surface area contributed by atoms with Gasteiger partial charge in [-0.15, -0.1) is 0 Å². The Bertz CT molecular complexity index is 1550. The number of carbonyl (C=O) groups excluding carboxylic acids is 1. The summed E-state index contributed by atoms with van der Waals surface area (Å²) in [6, 6.07) is 8.53. The summed E-state index contributed by atoms with van der Waals surface area (Å²) in [7, 11) is 2.01. The zero-order valence-electron chi connectivity index (χ0n) is 23.3. The summed E-state index contributed by atoms with van der Waals surface area (Å²) in [5.74, 6) is 2.60. The quantitative estimate of drug-likeness (QED) is 0.396. The van der Waals surface area contributed by atoms with E-state index in [1.54, 1.807) is 0 Å². The Morgan fingerprint density at radius 3 is 2.67 bits per heavy atom. The number of rotatable bonds is 6. The summed E-state index contributed by atoms with van der Waals surface area (Å²) in [4.78, 5) is 37.4. The van der Waals surface area contributed by atoms with Crippen LogP contribution in [0.3, 0.4) is 0 Å². The number of morpholine rings is 1. The Balaban J connectivity index is 1.27. The molecule has 0 spiro atoms. The molecule has 3 aromatic heterocycles. The Labute approximate surface area is 233 Å². The monoisotopic (exact) mass is 543 g/mol. The van der Waals surface area contributed by atoms with E-state index in [-0.39, 0.29) is 12.0 Å². The van der Waals surface area contributed by atoms with Crippen LogP contribution in [-0.4, -0.2) is 90.1 Å². The van der Waals surface area contributed by atoms with Crippen LogP contribution in [0.5, 0.6) is 0 Å². The van der Waals surface area contributed by atoms with Gasteiger partial charge >= 0.3 is 0 Å². The van der Waals surface area contributed by atoms with Gasteiger partial charge in [0.05, 0.1) is 30.7 Å². The molecule has 210 valence electrons. The average Bonchev–Trinajstić information content (AvgIpc) is 3.72. The largest absolute Gasteiger partial charge is 0.369 e. The van der Waals surface area contributed by atoms with Gasteiger partial charge in [-0.05, 0) is 25.0 Å². The molecule has 0 radical (unpaired) electrons. The molecule has 1 atom stereocenters. The van der Waals surface area contributed by atoms with E-state index in [4.69, 9.17) is 24.7 Å². The number of aromatic nitrogens is 6. The van der Waals surface area contributed by atoms with Crippen LogP contribution in [0.1, 0.15) is 56.1 Å². The number of piperazine rings is 1. The van der Waals surface area contributed by atoms with Crippen molar-refractivity contribution in [1.82, 2.24) is 44.2 Å². The van der Waals surface area contributed by atoms with Gasteiger partial charge in [0.25, 0.3) is 0 Å². The minimum Gasteiger partial charge on any atom is -0.369 e. The lowest BCUT2D eigenvalue weighted by molar-refractivity contribution is -0.138. The number of nitrogens with zero attached hydrogens (tertiary/aromatic N) is 8. The first-order chi connectivity index (χ1) is 19.6. The minimum atomic E-state index is -0.225. The normalized spacial score (nSPS) is 21.3. The van der Waals surface area contributed by atoms with E-state index in [2.05, 4.69) is 37.2 Å². The van der Waals surface area contributed by atoms with Crippen molar-refractivity contribution in [2.75, 3.05) is 39.3 Å². The Morgan fingerprint density at radius 1 is 1.05 bits per heavy atom. The predicted molar refractivity (Wildman–Crippen MR) is 151 cm³/mol. The molecule has 5 heterocycles. The van der Waals surface area contributed by atoms with Crippen LogP contribution in [0.2, 0.25) is 0 Å². The highest BCUT2D eigenvalue weighted by atomic mass is 16.5. The highest BCUT2D eigenvalue weighted by Crippen LogP contribution is 2.29. The van der Waals surface area contributed by atoms with Gasteiger partial charge in [0.1, 0.15) is 29.0 Å². The third kappa shape index (κ3) is 4.46. The molecule has 1 aromatic carbocycles. The van der Waals surface area contributed by atoms with Gasteiger partial charge < -0.3 is 19.5 Å². The van der Waals surface area contributed by atoms with Crippen molar-refractivity contribution < 1.29 is 9.53 Å². The van der Waals surface area contributed by atoms with Gasteiger partial charge in [-0.1, -0.05) is 31.9 Å². The van der Waals surface area contributed by atoms with Crippen LogP contribution < -0.4 is 5.32 Å². The number of imidazole rings is 2. The Kier molecular flexibility index (Phi) is 6.73. The number of nitrogens with one attached hydrogen (secondary N) is 1. The number of hydrogen-bond acceptors (Lipinski definition) is 8. The minimum absolute atomic E-state index is 0.225. The summed E-state index contributed by atoms with van der Waals surface area (Å²) in [5.41, 5.74) is 4.21. The van der Waals surface area contributed by atoms with Crippen LogP contribution in [0.15, 0.2) is 24.3 Å². The number of aryl methyl sites for hydroxylation is 2. The first kappa shape index (κ1) is 25.6. The zero-order valence-corrected chi connectivity index (χ0v) is 23.3. The number of carbonyl (C=O) groups is 1. The van der Waals surface area contributed by atoms with Crippen molar-refractivity contribution in [3.8, 4) is 5.95 Å². The van der Waals surface area contributed by atoms with Crippen LogP contribution in [0.4, 0.5) is 0 Å². The molecule has 1 aliphatic carbocycles. The van der Waals surface area contributed by atoms with E-state index in [1.165, 1.54) is 12.8 Å². The third-order valence-electron chi connectivity index (χ3n) is 8.67. The highest BCUT2D eigenvalue weighted by Gasteiger charge is 2.32. The van der Waals surface area contributed by atoms with Gasteiger partial charge in [0.15, 0.2) is 5.65 Å². The zero-order chi connectivity index (χ0) is 27.2. The van der Waals surface area contributed by atoms with E-state index in [0.29, 0.717) is 38.2 Å². The molecule has 1 amide bonds. The van der Waals surface area contributed by atoms with E-state index in [0.717, 1.165) is 78.4 Å². The molecule has 7 rings (SSSR count). The van der Waals surface area contributed by atoms with E-state index >= 15 is 0 Å². The summed E-state index contributed by atoms with van der Waals surface area (Å²) < 4.78 is 10.3. The smallest absolute Gasteiger partial charge is 0.238 e. The standard InChI is InChI=1S/C29H37N9O2/c1-3-23-31-20-10-6-7-11-21(20)38(23)29-33-26(22-16-30-12-15-40-22)27-28(34-29)35(2)24(32-27)17-36-13-14-37(25(39)18-36)19-8-4-5-9-19/h6-7,10-11,19,22,30H,3-5,8-9,12-18H2,1-2H3. The van der Waals surface area contributed by atoms with Crippen molar-refractivity contribution in [1.29, 1.82) is 0 Å². The molecule has 2 aliphatic heterocycles. The number of ether oxygens (including phenoxy) is 1. The van der Waals surface area contributed by atoms with Crippen molar-refractivity contribution in [2.24, 2.45) is 7.05 Å². The molecule has 0 bridgehead atoms. The predicted octanol–water partition coefficient (Wildman–Crippen LogP) is 2.51. The molecule has 1 saturated carbocycles. The summed E-state index contributed by atoms with van der Waals surface area (Å²) >= 11 is 0. The Morgan fingerprint density at radius 2 is 1.90 bits per heavy atom. The summed E-state index contributed by atoms with van der Waals surface area (Å²) in [5, 5.41) is 3.43. The number of benzene rings is 1. The first-order valence-electron chi connectivity index (χ1n) is 14.6. The third-order valence-corrected chi connectivity index (χ3v) is 8.67. The van der Waals surface area contributed by atoms with Gasteiger partial charge in [0, 0.05) is 45.7 Å². The molecule has 4 aromatic rings. The molecule has 3 fully saturated rings. The fourth-order valence-corrected chi connectivity index (χ4v) is 6.53. The SMILES string of the molecule is CCc1nc2ccccc2n1-c1nc(C2CNCCO2)c2nc(CN3CCN(C4CCCC4)C(=O)C3)n(C)c2n1. The van der Waals surface area contributed by atoms with Gasteiger partial charge in [-0.3, -0.25) is 14.3 Å². The number of hydrogen-bond donors (Lipinski definition) is 1. The van der Waals surface area contributed by atoms with Crippen molar-refractivity contribution >= 4 is 28.1 Å². The lowest BCUT2D eigenvalue weighted by Gasteiger charge is -2.37. The lowest BCUT2D eigenvalue weighted by Crippen LogP contribution is -2.53. The second kappa shape index (κ2) is 10.5. The number of amides is 1. The molecular weight excluding hydrogens is 506 g/mol. The molecule has 3 aliphatic rings. The summed E-state index contributed by atoms with van der Waals surface area (Å²) in [6.45, 7) is 6.86. The van der Waals surface area contributed by atoms with Crippen molar-refractivity contribution in [3.05, 3.63) is 41.6 Å². The fourth-order valence-electron chi connectivity index (χ4n) is 6.53. The number of fused-ring (bicyclic) bond motifs is 2. The van der Waals surface area contributed by atoms with E-state index in [9.17, 15) is 4.79 Å². The highest BCUT2D eigenvalue weighted by molar-refractivity contribution is 5.80. The number of para-hydroxylation sites is 2. The topological polar surface area (TPSA) is 106 Å².